The molecule has 0 heterocycles. The Morgan fingerprint density at radius 1 is 1.36 bits per heavy atom. The number of hydrogen-bond acceptors (Lipinski definition) is 2. The van der Waals surface area contributed by atoms with Gasteiger partial charge in [0.1, 0.15) is 0 Å². The minimum absolute atomic E-state index is 0.269. The van der Waals surface area contributed by atoms with Crippen molar-refractivity contribution in [1.29, 1.82) is 0 Å². The number of carbonyl (C=O) groups is 1. The van der Waals surface area contributed by atoms with Crippen molar-refractivity contribution in [2.75, 3.05) is 20.1 Å². The number of nitrogens with one attached hydrogen (secondary N) is 2. The highest BCUT2D eigenvalue weighted by Crippen LogP contribution is 2.24. The fraction of sp³-hybridized carbons (Fsp3) is 0.909. The number of amides is 1. The molecule has 0 aromatic carbocycles. The van der Waals surface area contributed by atoms with Gasteiger partial charge in [-0.25, -0.2) is 0 Å². The molecule has 0 spiro atoms. The average Bonchev–Trinajstić information content (AvgIpc) is 2.67. The van der Waals surface area contributed by atoms with Crippen LogP contribution in [-0.4, -0.2) is 26.0 Å². The van der Waals surface area contributed by atoms with Crippen molar-refractivity contribution < 1.29 is 4.79 Å². The first-order valence-electron chi connectivity index (χ1n) is 5.66. The molecular weight excluding hydrogens is 176 g/mol. The summed E-state index contributed by atoms with van der Waals surface area (Å²) in [6, 6.07) is 0. The fourth-order valence-electron chi connectivity index (χ4n) is 2.03. The van der Waals surface area contributed by atoms with Gasteiger partial charge in [0.25, 0.3) is 0 Å². The van der Waals surface area contributed by atoms with E-state index >= 15 is 0 Å². The number of rotatable bonds is 5. The van der Waals surface area contributed by atoms with E-state index < -0.39 is 0 Å². The SMILES string of the molecule is CNCC(C)CNC(=O)C1CCCC1. The summed E-state index contributed by atoms with van der Waals surface area (Å²) in [6.07, 6.45) is 4.63. The Bertz CT molecular complexity index is 176. The summed E-state index contributed by atoms with van der Waals surface area (Å²) in [5.41, 5.74) is 0. The van der Waals surface area contributed by atoms with Crippen molar-refractivity contribution in [3.63, 3.8) is 0 Å². The quantitative estimate of drug-likeness (QED) is 0.696. The lowest BCUT2D eigenvalue weighted by molar-refractivity contribution is -0.124. The van der Waals surface area contributed by atoms with Gasteiger partial charge in [-0.15, -0.1) is 0 Å². The molecule has 0 bridgehead atoms. The van der Waals surface area contributed by atoms with Gasteiger partial charge in [-0.3, -0.25) is 4.79 Å². The summed E-state index contributed by atoms with van der Waals surface area (Å²) in [5.74, 6) is 1.09. The van der Waals surface area contributed by atoms with Crippen LogP contribution in [0.25, 0.3) is 0 Å². The second kappa shape index (κ2) is 6.02. The molecule has 0 saturated heterocycles. The smallest absolute Gasteiger partial charge is 0.223 e. The van der Waals surface area contributed by atoms with Crippen LogP contribution >= 0.6 is 0 Å². The van der Waals surface area contributed by atoms with Gasteiger partial charge in [-0.05, 0) is 32.4 Å². The van der Waals surface area contributed by atoms with E-state index in [0.717, 1.165) is 25.9 Å². The molecule has 1 atom stereocenters. The second-order valence-electron chi connectivity index (χ2n) is 4.39. The van der Waals surface area contributed by atoms with Gasteiger partial charge in [-0.1, -0.05) is 19.8 Å². The lowest BCUT2D eigenvalue weighted by Gasteiger charge is -2.14. The highest BCUT2D eigenvalue weighted by atomic mass is 16.1. The second-order valence-corrected chi connectivity index (χ2v) is 4.39. The number of carbonyl (C=O) groups excluding carboxylic acids is 1. The van der Waals surface area contributed by atoms with Crippen LogP contribution in [0.2, 0.25) is 0 Å². The first kappa shape index (κ1) is 11.5. The molecule has 0 aromatic heterocycles. The van der Waals surface area contributed by atoms with Gasteiger partial charge in [0.15, 0.2) is 0 Å². The van der Waals surface area contributed by atoms with E-state index in [4.69, 9.17) is 0 Å². The van der Waals surface area contributed by atoms with Crippen LogP contribution in [0.3, 0.4) is 0 Å². The van der Waals surface area contributed by atoms with Crippen LogP contribution in [0.1, 0.15) is 32.6 Å². The number of hydrogen-bond donors (Lipinski definition) is 2. The zero-order valence-corrected chi connectivity index (χ0v) is 9.31. The minimum Gasteiger partial charge on any atom is -0.356 e. The maximum Gasteiger partial charge on any atom is 0.223 e. The van der Waals surface area contributed by atoms with E-state index in [1.807, 2.05) is 7.05 Å². The molecule has 0 aliphatic heterocycles. The predicted octanol–water partition coefficient (Wildman–Crippen LogP) is 1.15. The van der Waals surface area contributed by atoms with Crippen molar-refractivity contribution in [2.24, 2.45) is 11.8 Å². The molecule has 1 fully saturated rings. The van der Waals surface area contributed by atoms with Crippen LogP contribution < -0.4 is 10.6 Å². The Hall–Kier alpha value is -0.570. The maximum atomic E-state index is 11.6. The lowest BCUT2D eigenvalue weighted by Crippen LogP contribution is -2.35. The molecule has 1 unspecified atom stereocenters. The van der Waals surface area contributed by atoms with Crippen LogP contribution in [0, 0.1) is 11.8 Å². The molecule has 14 heavy (non-hydrogen) atoms. The van der Waals surface area contributed by atoms with Crippen molar-refractivity contribution in [2.45, 2.75) is 32.6 Å². The van der Waals surface area contributed by atoms with E-state index in [0.29, 0.717) is 11.8 Å². The summed E-state index contributed by atoms with van der Waals surface area (Å²) in [4.78, 5) is 11.6. The highest BCUT2D eigenvalue weighted by Gasteiger charge is 2.22. The largest absolute Gasteiger partial charge is 0.356 e. The summed E-state index contributed by atoms with van der Waals surface area (Å²) in [6.45, 7) is 3.91. The third-order valence-corrected chi connectivity index (χ3v) is 2.90. The predicted molar refractivity (Wildman–Crippen MR) is 58.1 cm³/mol. The van der Waals surface area contributed by atoms with E-state index in [1.165, 1.54) is 12.8 Å². The van der Waals surface area contributed by atoms with Crippen molar-refractivity contribution in [3.05, 3.63) is 0 Å². The Balaban J connectivity index is 2.13. The van der Waals surface area contributed by atoms with Crippen molar-refractivity contribution in [1.82, 2.24) is 10.6 Å². The first-order chi connectivity index (χ1) is 6.74. The van der Waals surface area contributed by atoms with Crippen LogP contribution in [0.15, 0.2) is 0 Å². The Labute approximate surface area is 86.6 Å². The summed E-state index contributed by atoms with van der Waals surface area (Å²) < 4.78 is 0. The van der Waals surface area contributed by atoms with Crippen LogP contribution in [0.5, 0.6) is 0 Å². The monoisotopic (exact) mass is 198 g/mol. The molecule has 82 valence electrons. The summed E-state index contributed by atoms with van der Waals surface area (Å²) >= 11 is 0. The Morgan fingerprint density at radius 2 is 2.00 bits per heavy atom. The average molecular weight is 198 g/mol. The molecule has 0 aromatic rings. The van der Waals surface area contributed by atoms with Crippen LogP contribution in [0.4, 0.5) is 0 Å². The van der Waals surface area contributed by atoms with E-state index in [-0.39, 0.29) is 5.91 Å². The standard InChI is InChI=1S/C11H22N2O/c1-9(7-12-2)8-13-11(14)10-5-3-4-6-10/h9-10,12H,3-8H2,1-2H3,(H,13,14). The molecule has 3 nitrogen and oxygen atoms in total. The van der Waals surface area contributed by atoms with Gasteiger partial charge in [-0.2, -0.15) is 0 Å². The lowest BCUT2D eigenvalue weighted by atomic mass is 10.1. The van der Waals surface area contributed by atoms with Gasteiger partial charge >= 0.3 is 0 Å². The summed E-state index contributed by atoms with van der Waals surface area (Å²) in [7, 11) is 1.94. The molecular formula is C11H22N2O. The van der Waals surface area contributed by atoms with Crippen molar-refractivity contribution in [3.8, 4) is 0 Å². The van der Waals surface area contributed by atoms with Crippen LogP contribution in [-0.2, 0) is 4.79 Å². The van der Waals surface area contributed by atoms with E-state index in [9.17, 15) is 4.79 Å². The van der Waals surface area contributed by atoms with E-state index in [1.54, 1.807) is 0 Å². The molecule has 1 saturated carbocycles. The molecule has 2 N–H and O–H groups in total. The van der Waals surface area contributed by atoms with Gasteiger partial charge in [0.2, 0.25) is 5.91 Å². The van der Waals surface area contributed by atoms with E-state index in [2.05, 4.69) is 17.6 Å². The minimum atomic E-state index is 0.269. The molecule has 1 rings (SSSR count). The third kappa shape index (κ3) is 3.66. The van der Waals surface area contributed by atoms with Crippen molar-refractivity contribution >= 4 is 5.91 Å². The van der Waals surface area contributed by atoms with Gasteiger partial charge in [0.05, 0.1) is 0 Å². The molecule has 3 heteroatoms. The normalized spacial score (nSPS) is 19.6. The first-order valence-corrected chi connectivity index (χ1v) is 5.66. The van der Waals surface area contributed by atoms with Gasteiger partial charge < -0.3 is 10.6 Å². The molecule has 1 aliphatic carbocycles. The maximum absolute atomic E-state index is 11.6. The Morgan fingerprint density at radius 3 is 2.57 bits per heavy atom. The molecule has 1 amide bonds. The zero-order chi connectivity index (χ0) is 10.4. The third-order valence-electron chi connectivity index (χ3n) is 2.90. The zero-order valence-electron chi connectivity index (χ0n) is 9.31. The van der Waals surface area contributed by atoms with Gasteiger partial charge in [0, 0.05) is 12.5 Å². The molecule has 1 aliphatic rings. The summed E-state index contributed by atoms with van der Waals surface area (Å²) in [5, 5.41) is 6.14. The Kier molecular flexibility index (Phi) is 4.94. The molecule has 0 radical (unpaired) electrons. The highest BCUT2D eigenvalue weighted by molar-refractivity contribution is 5.78. The fourth-order valence-corrected chi connectivity index (χ4v) is 2.03. The topological polar surface area (TPSA) is 41.1 Å².